The molecule has 4 heteroatoms. The maximum Gasteiger partial charge on any atom is 0.149 e. The third-order valence-corrected chi connectivity index (χ3v) is 2.44. The zero-order valence-electron chi connectivity index (χ0n) is 8.58. The van der Waals surface area contributed by atoms with Crippen LogP contribution in [-0.4, -0.2) is 29.0 Å². The maximum absolute atomic E-state index is 5.35. The predicted octanol–water partition coefficient (Wildman–Crippen LogP) is 1.38. The minimum Gasteiger partial charge on any atom is -0.379 e. The Morgan fingerprint density at radius 3 is 3.07 bits per heavy atom. The molecule has 1 aromatic rings. The molecule has 1 atom stereocenters. The fourth-order valence-electron chi connectivity index (χ4n) is 1.60. The summed E-state index contributed by atoms with van der Waals surface area (Å²) < 4.78 is 5.35. The summed E-state index contributed by atoms with van der Waals surface area (Å²) in [5, 5.41) is 11.3. The van der Waals surface area contributed by atoms with Crippen LogP contribution in [0.5, 0.6) is 0 Å². The quantitative estimate of drug-likeness (QED) is 0.770. The van der Waals surface area contributed by atoms with Crippen molar-refractivity contribution >= 4 is 5.82 Å². The molecule has 0 amide bonds. The average molecular weight is 193 g/mol. The number of ether oxygens (including phenoxy) is 1. The van der Waals surface area contributed by atoms with Crippen LogP contribution in [0.15, 0.2) is 12.3 Å². The first-order valence-corrected chi connectivity index (χ1v) is 4.83. The third kappa shape index (κ3) is 2.01. The third-order valence-electron chi connectivity index (χ3n) is 2.44. The van der Waals surface area contributed by atoms with Gasteiger partial charge in [0.05, 0.1) is 18.3 Å². The van der Waals surface area contributed by atoms with E-state index in [0.29, 0.717) is 0 Å². The summed E-state index contributed by atoms with van der Waals surface area (Å²) >= 11 is 0. The molecular formula is C10H15N3O. The van der Waals surface area contributed by atoms with E-state index in [1.807, 2.05) is 13.0 Å². The predicted molar refractivity (Wildman–Crippen MR) is 54.2 cm³/mol. The van der Waals surface area contributed by atoms with Crippen LogP contribution >= 0.6 is 0 Å². The number of anilines is 1. The van der Waals surface area contributed by atoms with Gasteiger partial charge in [0.1, 0.15) is 5.82 Å². The Morgan fingerprint density at radius 2 is 2.43 bits per heavy atom. The number of hydrogen-bond donors (Lipinski definition) is 1. The number of nitrogens with zero attached hydrogens (tertiary/aromatic N) is 2. The lowest BCUT2D eigenvalue weighted by atomic mass is 10.0. The highest BCUT2D eigenvalue weighted by Gasteiger charge is 2.29. The number of nitrogens with one attached hydrogen (secondary N) is 1. The fraction of sp³-hybridized carbons (Fsp3) is 0.600. The Morgan fingerprint density at radius 1 is 1.57 bits per heavy atom. The molecule has 4 nitrogen and oxygen atoms in total. The summed E-state index contributed by atoms with van der Waals surface area (Å²) in [4.78, 5) is 0. The Kier molecular flexibility index (Phi) is 2.37. The first-order valence-electron chi connectivity index (χ1n) is 4.83. The zero-order valence-corrected chi connectivity index (χ0v) is 8.58. The van der Waals surface area contributed by atoms with Crippen LogP contribution in [-0.2, 0) is 4.74 Å². The largest absolute Gasteiger partial charge is 0.379 e. The Bertz CT molecular complexity index is 321. The topological polar surface area (TPSA) is 47.0 Å². The second kappa shape index (κ2) is 3.53. The summed E-state index contributed by atoms with van der Waals surface area (Å²) in [6.45, 7) is 5.71. The van der Waals surface area contributed by atoms with Gasteiger partial charge in [0, 0.05) is 6.61 Å². The monoisotopic (exact) mass is 193 g/mol. The van der Waals surface area contributed by atoms with Crippen LogP contribution in [0, 0.1) is 6.92 Å². The van der Waals surface area contributed by atoms with Crippen molar-refractivity contribution < 1.29 is 4.74 Å². The van der Waals surface area contributed by atoms with Crippen LogP contribution in [0.25, 0.3) is 0 Å². The molecule has 1 fully saturated rings. The van der Waals surface area contributed by atoms with Crippen LogP contribution < -0.4 is 5.32 Å². The number of hydrogen-bond acceptors (Lipinski definition) is 4. The second-order valence-corrected chi connectivity index (χ2v) is 4.11. The minimum absolute atomic E-state index is 0.0163. The van der Waals surface area contributed by atoms with E-state index in [-0.39, 0.29) is 5.54 Å². The van der Waals surface area contributed by atoms with Crippen LogP contribution in [0.3, 0.4) is 0 Å². The molecule has 1 N–H and O–H groups in total. The summed E-state index contributed by atoms with van der Waals surface area (Å²) in [6.07, 6.45) is 2.77. The fourth-order valence-corrected chi connectivity index (χ4v) is 1.60. The lowest BCUT2D eigenvalue weighted by Gasteiger charge is -2.23. The molecular weight excluding hydrogens is 178 g/mol. The lowest BCUT2D eigenvalue weighted by molar-refractivity contribution is 0.185. The minimum atomic E-state index is 0.0163. The maximum atomic E-state index is 5.35. The average Bonchev–Trinajstić information content (AvgIpc) is 2.51. The van der Waals surface area contributed by atoms with Crippen LogP contribution in [0.4, 0.5) is 5.82 Å². The van der Waals surface area contributed by atoms with Gasteiger partial charge in [0.2, 0.25) is 0 Å². The van der Waals surface area contributed by atoms with Crippen LogP contribution in [0.2, 0.25) is 0 Å². The molecule has 0 aliphatic carbocycles. The molecule has 76 valence electrons. The van der Waals surface area contributed by atoms with Gasteiger partial charge in [0.15, 0.2) is 0 Å². The van der Waals surface area contributed by atoms with Gasteiger partial charge >= 0.3 is 0 Å². The highest BCUT2D eigenvalue weighted by molar-refractivity contribution is 5.38. The van der Waals surface area contributed by atoms with Gasteiger partial charge in [-0.1, -0.05) is 0 Å². The summed E-state index contributed by atoms with van der Waals surface area (Å²) in [6, 6.07) is 2.00. The van der Waals surface area contributed by atoms with Gasteiger partial charge in [-0.2, -0.15) is 5.10 Å². The highest BCUT2D eigenvalue weighted by atomic mass is 16.5. The Balaban J connectivity index is 2.10. The molecule has 1 saturated heterocycles. The lowest BCUT2D eigenvalue weighted by Crippen LogP contribution is -2.35. The van der Waals surface area contributed by atoms with E-state index in [2.05, 4.69) is 22.4 Å². The first-order chi connectivity index (χ1) is 6.68. The standard InChI is InChI=1S/C10H15N3O/c1-8-5-9(13-11-6-8)12-10(2)3-4-14-7-10/h5-6H,3-4,7H2,1-2H3,(H,12,13). The van der Waals surface area contributed by atoms with Crippen molar-refractivity contribution in [1.82, 2.24) is 10.2 Å². The zero-order chi connectivity index (χ0) is 10.0. The smallest absolute Gasteiger partial charge is 0.149 e. The summed E-state index contributed by atoms with van der Waals surface area (Å²) in [5.41, 5.74) is 1.13. The van der Waals surface area contributed by atoms with Crippen molar-refractivity contribution in [3.63, 3.8) is 0 Å². The summed E-state index contributed by atoms with van der Waals surface area (Å²) in [5.74, 6) is 0.831. The van der Waals surface area contributed by atoms with E-state index >= 15 is 0 Å². The second-order valence-electron chi connectivity index (χ2n) is 4.11. The molecule has 14 heavy (non-hydrogen) atoms. The van der Waals surface area contributed by atoms with Crippen molar-refractivity contribution in [2.24, 2.45) is 0 Å². The van der Waals surface area contributed by atoms with E-state index in [4.69, 9.17) is 4.74 Å². The molecule has 2 rings (SSSR count). The van der Waals surface area contributed by atoms with E-state index in [1.54, 1.807) is 6.20 Å². The van der Waals surface area contributed by atoms with Crippen molar-refractivity contribution in [3.05, 3.63) is 17.8 Å². The molecule has 1 aromatic heterocycles. The van der Waals surface area contributed by atoms with Crippen molar-refractivity contribution in [2.75, 3.05) is 18.5 Å². The van der Waals surface area contributed by atoms with Gasteiger partial charge in [-0.3, -0.25) is 0 Å². The van der Waals surface area contributed by atoms with E-state index in [0.717, 1.165) is 31.0 Å². The van der Waals surface area contributed by atoms with Gasteiger partial charge in [-0.15, -0.1) is 5.10 Å². The molecule has 0 spiro atoms. The highest BCUT2D eigenvalue weighted by Crippen LogP contribution is 2.22. The molecule has 1 unspecified atom stereocenters. The molecule has 2 heterocycles. The molecule has 1 aliphatic rings. The normalized spacial score (nSPS) is 26.4. The number of rotatable bonds is 2. The van der Waals surface area contributed by atoms with Gasteiger partial charge in [-0.25, -0.2) is 0 Å². The van der Waals surface area contributed by atoms with E-state index in [1.165, 1.54) is 0 Å². The Hall–Kier alpha value is -1.16. The molecule has 0 aromatic carbocycles. The molecule has 0 bridgehead atoms. The number of aromatic nitrogens is 2. The summed E-state index contributed by atoms with van der Waals surface area (Å²) in [7, 11) is 0. The first kappa shape index (κ1) is 9.40. The van der Waals surface area contributed by atoms with E-state index in [9.17, 15) is 0 Å². The van der Waals surface area contributed by atoms with Gasteiger partial charge in [-0.05, 0) is 31.9 Å². The number of aryl methyl sites for hydroxylation is 1. The molecule has 0 radical (unpaired) electrons. The molecule has 0 saturated carbocycles. The van der Waals surface area contributed by atoms with E-state index < -0.39 is 0 Å². The SMILES string of the molecule is Cc1cnnc(NC2(C)CCOC2)c1. The van der Waals surface area contributed by atoms with Crippen molar-refractivity contribution in [1.29, 1.82) is 0 Å². The van der Waals surface area contributed by atoms with Gasteiger partial charge in [0.25, 0.3) is 0 Å². The Labute approximate surface area is 83.7 Å². The van der Waals surface area contributed by atoms with Crippen molar-refractivity contribution in [2.45, 2.75) is 25.8 Å². The molecule has 1 aliphatic heterocycles. The van der Waals surface area contributed by atoms with Crippen molar-refractivity contribution in [3.8, 4) is 0 Å². The van der Waals surface area contributed by atoms with Crippen LogP contribution in [0.1, 0.15) is 18.9 Å². The van der Waals surface area contributed by atoms with Gasteiger partial charge < -0.3 is 10.1 Å².